The summed E-state index contributed by atoms with van der Waals surface area (Å²) in [4.78, 5) is 0. The number of rotatable bonds is 6. The van der Waals surface area contributed by atoms with Crippen molar-refractivity contribution < 1.29 is 19.9 Å². The highest BCUT2D eigenvalue weighted by Gasteiger charge is 2.16. The third kappa shape index (κ3) is 5.49. The second kappa shape index (κ2) is 7.27. The van der Waals surface area contributed by atoms with E-state index in [1.54, 1.807) is 0 Å². The normalized spacial score (nSPS) is 16.9. The van der Waals surface area contributed by atoms with Crippen molar-refractivity contribution >= 4 is 7.14 Å². The van der Waals surface area contributed by atoms with E-state index in [9.17, 15) is 4.57 Å². The van der Waals surface area contributed by atoms with Crippen LogP contribution in [0, 0.1) is 0 Å². The molecule has 0 aromatic heterocycles. The fourth-order valence-electron chi connectivity index (χ4n) is 0.941. The lowest BCUT2D eigenvalue weighted by molar-refractivity contribution is 0.472. The van der Waals surface area contributed by atoms with Crippen LogP contribution < -0.4 is 0 Å². The van der Waals surface area contributed by atoms with Crippen LogP contribution in [-0.2, 0) is 4.57 Å². The van der Waals surface area contributed by atoms with Crippen molar-refractivity contribution in [1.29, 1.82) is 0 Å². The van der Waals surface area contributed by atoms with Gasteiger partial charge >= 0.3 is 0 Å². The van der Waals surface area contributed by atoms with E-state index in [0.717, 1.165) is 18.8 Å². The van der Waals surface area contributed by atoms with Gasteiger partial charge < -0.3 is 19.9 Å². The summed E-state index contributed by atoms with van der Waals surface area (Å²) < 4.78 is 12.0. The van der Waals surface area contributed by atoms with Crippen LogP contribution >= 0.6 is 7.14 Å². The van der Waals surface area contributed by atoms with Crippen molar-refractivity contribution in [3.63, 3.8) is 0 Å². The Morgan fingerprint density at radius 2 is 1.07 bits per heavy atom. The van der Waals surface area contributed by atoms with E-state index in [2.05, 4.69) is 0 Å². The summed E-state index contributed by atoms with van der Waals surface area (Å²) in [6, 6.07) is 0. The summed E-state index contributed by atoms with van der Waals surface area (Å²) in [5.41, 5.74) is 0. The lowest BCUT2D eigenvalue weighted by Gasteiger charge is -2.11. The molecular formula is C9H15O4P. The van der Waals surface area contributed by atoms with Crippen LogP contribution in [0.25, 0.3) is 0 Å². The molecule has 0 radical (unpaired) electrons. The molecule has 0 fully saturated rings. The Morgan fingerprint density at radius 1 is 0.786 bits per heavy atom. The second-order valence-electron chi connectivity index (χ2n) is 2.76. The molecule has 3 N–H and O–H groups in total. The Labute approximate surface area is 83.3 Å². The molecule has 0 amide bonds. The number of aliphatic hydroxyl groups excluding tert-OH is 3. The van der Waals surface area contributed by atoms with Crippen LogP contribution in [0.2, 0.25) is 0 Å². The maximum Gasteiger partial charge on any atom is 0.0988 e. The lowest BCUT2D eigenvalue weighted by atomic mass is 10.7. The van der Waals surface area contributed by atoms with E-state index in [-0.39, 0.29) is 18.5 Å². The van der Waals surface area contributed by atoms with E-state index in [1.165, 1.54) is 18.2 Å². The number of aliphatic hydroxyl groups is 3. The van der Waals surface area contributed by atoms with Gasteiger partial charge in [-0.3, -0.25) is 0 Å². The summed E-state index contributed by atoms with van der Waals surface area (Å²) >= 11 is 0. The van der Waals surface area contributed by atoms with Crippen molar-refractivity contribution in [3.8, 4) is 0 Å². The molecule has 4 nitrogen and oxygen atoms in total. The van der Waals surface area contributed by atoms with Gasteiger partial charge in [0.2, 0.25) is 0 Å². The fourth-order valence-corrected chi connectivity index (χ4v) is 2.82. The molecule has 5 heteroatoms. The van der Waals surface area contributed by atoms with Crippen LogP contribution in [0.3, 0.4) is 0 Å². The zero-order chi connectivity index (χ0) is 10.9. The van der Waals surface area contributed by atoms with Gasteiger partial charge in [0.25, 0.3) is 0 Å². The molecule has 0 saturated heterocycles. The maximum absolute atomic E-state index is 12.0. The fraction of sp³-hybridized carbons (Fsp3) is 0.333. The van der Waals surface area contributed by atoms with E-state index < -0.39 is 7.14 Å². The number of hydrogen-bond acceptors (Lipinski definition) is 4. The molecule has 0 bridgehead atoms. The average Bonchev–Trinajstić information content (AvgIpc) is 2.21. The van der Waals surface area contributed by atoms with E-state index in [1.807, 2.05) is 0 Å². The second-order valence-corrected chi connectivity index (χ2v) is 5.97. The van der Waals surface area contributed by atoms with Gasteiger partial charge in [0.05, 0.1) is 25.9 Å². The minimum atomic E-state index is -2.51. The highest BCUT2D eigenvalue weighted by atomic mass is 31.2. The summed E-state index contributed by atoms with van der Waals surface area (Å²) in [5, 5.41) is 25.3. The van der Waals surface area contributed by atoms with Crippen LogP contribution in [0.1, 0.15) is 0 Å². The molecule has 0 aliphatic carbocycles. The van der Waals surface area contributed by atoms with Crippen molar-refractivity contribution in [3.05, 3.63) is 37.0 Å². The standard InChI is InChI=1S/C9H15O4P/c10-4-1-7-14(13,8-2-5-11)9-3-6-12/h1-6,10-12H,7-9H2. The molecule has 0 aliphatic heterocycles. The maximum atomic E-state index is 12.0. The zero-order valence-electron chi connectivity index (χ0n) is 7.78. The highest BCUT2D eigenvalue weighted by molar-refractivity contribution is 7.64. The summed E-state index contributed by atoms with van der Waals surface area (Å²) in [7, 11) is -2.51. The molecule has 0 rings (SSSR count). The predicted octanol–water partition coefficient (Wildman–Crippen LogP) is 2.56. The summed E-state index contributed by atoms with van der Waals surface area (Å²) in [6.07, 6.45) is 7.48. The van der Waals surface area contributed by atoms with Gasteiger partial charge in [-0.05, 0) is 18.2 Å². The van der Waals surface area contributed by atoms with Gasteiger partial charge in [0, 0.05) is 18.5 Å². The van der Waals surface area contributed by atoms with Gasteiger partial charge in [-0.1, -0.05) is 0 Å². The van der Waals surface area contributed by atoms with Crippen LogP contribution in [0.5, 0.6) is 0 Å². The molecule has 0 aromatic rings. The van der Waals surface area contributed by atoms with Crippen molar-refractivity contribution in [2.75, 3.05) is 18.5 Å². The first-order chi connectivity index (χ1) is 6.68. The Hall–Kier alpha value is -1.15. The highest BCUT2D eigenvalue weighted by Crippen LogP contribution is 2.45. The first kappa shape index (κ1) is 12.8. The molecule has 14 heavy (non-hydrogen) atoms. The van der Waals surface area contributed by atoms with Gasteiger partial charge in [0.1, 0.15) is 0 Å². The van der Waals surface area contributed by atoms with Crippen molar-refractivity contribution in [2.24, 2.45) is 0 Å². The van der Waals surface area contributed by atoms with Crippen LogP contribution in [-0.4, -0.2) is 33.8 Å². The zero-order valence-corrected chi connectivity index (χ0v) is 8.68. The van der Waals surface area contributed by atoms with Crippen LogP contribution in [0.15, 0.2) is 37.0 Å². The first-order valence-corrected chi connectivity index (χ1v) is 6.39. The predicted molar refractivity (Wildman–Crippen MR) is 57.5 cm³/mol. The van der Waals surface area contributed by atoms with Gasteiger partial charge in [-0.25, -0.2) is 0 Å². The molecule has 0 aromatic carbocycles. The Bertz CT molecular complexity index is 225. The van der Waals surface area contributed by atoms with Crippen molar-refractivity contribution in [1.82, 2.24) is 0 Å². The third-order valence-corrected chi connectivity index (χ3v) is 4.26. The lowest BCUT2D eigenvalue weighted by Crippen LogP contribution is -1.95. The van der Waals surface area contributed by atoms with E-state index >= 15 is 0 Å². The van der Waals surface area contributed by atoms with Gasteiger partial charge in [0.15, 0.2) is 0 Å². The largest absolute Gasteiger partial charge is 0.516 e. The number of hydrogen-bond donors (Lipinski definition) is 3. The molecule has 0 spiro atoms. The van der Waals surface area contributed by atoms with E-state index in [0.29, 0.717) is 0 Å². The SMILES string of the molecule is O=P(CC=CO)(CC=CO)CC=CO. The minimum absolute atomic E-state index is 0.248. The summed E-state index contributed by atoms with van der Waals surface area (Å²) in [6.45, 7) is 0. The average molecular weight is 218 g/mol. The monoisotopic (exact) mass is 218 g/mol. The molecular weight excluding hydrogens is 203 g/mol. The van der Waals surface area contributed by atoms with Crippen LogP contribution in [0.4, 0.5) is 0 Å². The Kier molecular flexibility index (Phi) is 6.68. The Balaban J connectivity index is 4.39. The quantitative estimate of drug-likeness (QED) is 0.473. The van der Waals surface area contributed by atoms with Crippen molar-refractivity contribution in [2.45, 2.75) is 0 Å². The summed E-state index contributed by atoms with van der Waals surface area (Å²) in [5.74, 6) is 0. The molecule has 0 saturated carbocycles. The van der Waals surface area contributed by atoms with E-state index in [4.69, 9.17) is 15.3 Å². The topological polar surface area (TPSA) is 77.8 Å². The molecule has 80 valence electrons. The number of allylic oxidation sites excluding steroid dienone is 3. The third-order valence-electron chi connectivity index (χ3n) is 1.63. The molecule has 0 atom stereocenters. The smallest absolute Gasteiger partial charge is 0.0988 e. The Morgan fingerprint density at radius 3 is 1.29 bits per heavy atom. The van der Waals surface area contributed by atoms with Gasteiger partial charge in [-0.15, -0.1) is 0 Å². The molecule has 0 heterocycles. The minimum Gasteiger partial charge on any atom is -0.516 e. The first-order valence-electron chi connectivity index (χ1n) is 4.13. The van der Waals surface area contributed by atoms with Gasteiger partial charge in [-0.2, -0.15) is 0 Å². The molecule has 0 aliphatic rings. The molecule has 0 unspecified atom stereocenters.